The van der Waals surface area contributed by atoms with Gasteiger partial charge in [0.05, 0.1) is 6.21 Å². The van der Waals surface area contributed by atoms with Gasteiger partial charge in [-0.3, -0.25) is 5.10 Å². The zero-order valence-electron chi connectivity index (χ0n) is 10.6. The van der Waals surface area contributed by atoms with Gasteiger partial charge >= 0.3 is 0 Å². The molecule has 0 aliphatic rings. The van der Waals surface area contributed by atoms with E-state index in [-0.39, 0.29) is 0 Å². The summed E-state index contributed by atoms with van der Waals surface area (Å²) in [5.74, 6) is 0.843. The third-order valence-electron chi connectivity index (χ3n) is 2.69. The molecule has 1 N–H and O–H groups in total. The number of hydrogen-bond donors (Lipinski definition) is 1. The van der Waals surface area contributed by atoms with E-state index in [2.05, 4.69) is 22.2 Å². The van der Waals surface area contributed by atoms with Crippen LogP contribution in [0.1, 0.15) is 31.2 Å². The molecule has 2 rings (SSSR count). The molecule has 1 heterocycles. The number of nitrogens with zero attached hydrogens (tertiary/aromatic N) is 3. The Balaban J connectivity index is 2.26. The molecule has 0 spiro atoms. The average molecular weight is 295 g/mol. The van der Waals surface area contributed by atoms with Crippen LogP contribution in [0.2, 0.25) is 5.02 Å². The number of rotatable bonds is 5. The molecule has 0 radical (unpaired) electrons. The zero-order valence-corrected chi connectivity index (χ0v) is 12.2. The van der Waals surface area contributed by atoms with Crippen molar-refractivity contribution in [3.8, 4) is 0 Å². The van der Waals surface area contributed by atoms with Crippen molar-refractivity contribution >= 4 is 30.0 Å². The number of H-pyrrole nitrogens is 1. The lowest BCUT2D eigenvalue weighted by molar-refractivity contribution is 0.700. The Kier molecular flexibility index (Phi) is 4.87. The highest BCUT2D eigenvalue weighted by Gasteiger charge is 2.04. The van der Waals surface area contributed by atoms with Crippen LogP contribution in [0.15, 0.2) is 29.4 Å². The number of benzene rings is 1. The summed E-state index contributed by atoms with van der Waals surface area (Å²) in [6, 6.07) is 7.53. The van der Waals surface area contributed by atoms with E-state index in [1.54, 1.807) is 10.9 Å². The molecule has 0 bridgehead atoms. The van der Waals surface area contributed by atoms with Crippen LogP contribution in [0.4, 0.5) is 0 Å². The molecular weight excluding hydrogens is 280 g/mol. The molecule has 0 amide bonds. The summed E-state index contributed by atoms with van der Waals surface area (Å²) in [5, 5.41) is 12.0. The smallest absolute Gasteiger partial charge is 0.216 e. The normalized spacial score (nSPS) is 11.3. The first-order valence-electron chi connectivity index (χ1n) is 6.17. The van der Waals surface area contributed by atoms with Crippen molar-refractivity contribution in [1.29, 1.82) is 0 Å². The van der Waals surface area contributed by atoms with Crippen molar-refractivity contribution in [2.24, 2.45) is 5.10 Å². The van der Waals surface area contributed by atoms with E-state index in [9.17, 15) is 0 Å². The van der Waals surface area contributed by atoms with E-state index >= 15 is 0 Å². The van der Waals surface area contributed by atoms with E-state index < -0.39 is 0 Å². The summed E-state index contributed by atoms with van der Waals surface area (Å²) in [6.45, 7) is 2.14. The fourth-order valence-electron chi connectivity index (χ4n) is 1.64. The average Bonchev–Trinajstić information content (AvgIpc) is 2.76. The number of aromatic amines is 1. The van der Waals surface area contributed by atoms with Crippen LogP contribution >= 0.6 is 23.8 Å². The monoisotopic (exact) mass is 294 g/mol. The van der Waals surface area contributed by atoms with Crippen molar-refractivity contribution in [2.45, 2.75) is 26.2 Å². The molecule has 0 fully saturated rings. The number of nitrogens with one attached hydrogen (secondary N) is 1. The Morgan fingerprint density at radius 1 is 1.47 bits per heavy atom. The van der Waals surface area contributed by atoms with E-state index in [0.29, 0.717) is 9.79 Å². The number of halogens is 1. The molecule has 2 aromatic rings. The Labute approximate surface area is 122 Å². The quantitative estimate of drug-likeness (QED) is 0.673. The summed E-state index contributed by atoms with van der Waals surface area (Å²) in [5.41, 5.74) is 0.855. The van der Waals surface area contributed by atoms with Crippen molar-refractivity contribution in [3.63, 3.8) is 0 Å². The van der Waals surface area contributed by atoms with Gasteiger partial charge in [-0.15, -0.1) is 0 Å². The Morgan fingerprint density at radius 3 is 3.00 bits per heavy atom. The minimum absolute atomic E-state index is 0.495. The molecule has 0 saturated carbocycles. The minimum atomic E-state index is 0.495. The topological polar surface area (TPSA) is 46.0 Å². The van der Waals surface area contributed by atoms with E-state index in [0.717, 1.165) is 30.7 Å². The highest BCUT2D eigenvalue weighted by molar-refractivity contribution is 7.71. The first-order chi connectivity index (χ1) is 9.22. The van der Waals surface area contributed by atoms with Crippen molar-refractivity contribution in [3.05, 3.63) is 45.4 Å². The maximum Gasteiger partial charge on any atom is 0.216 e. The van der Waals surface area contributed by atoms with Crippen LogP contribution < -0.4 is 0 Å². The molecule has 1 aromatic carbocycles. The standard InChI is InChI=1S/C13H15ClN4S/c1-2-3-8-12-16-17-13(19)18(12)15-9-10-6-4-5-7-11(10)14/h4-7,9H,2-3,8H2,1H3,(H,17,19)/b15-9-. The lowest BCUT2D eigenvalue weighted by Gasteiger charge is -2.00. The molecule has 19 heavy (non-hydrogen) atoms. The zero-order chi connectivity index (χ0) is 13.7. The van der Waals surface area contributed by atoms with Crippen LogP contribution in [0.25, 0.3) is 0 Å². The highest BCUT2D eigenvalue weighted by atomic mass is 35.5. The minimum Gasteiger partial charge on any atom is -0.250 e. The van der Waals surface area contributed by atoms with Crippen LogP contribution in [-0.4, -0.2) is 21.1 Å². The number of hydrogen-bond acceptors (Lipinski definition) is 3. The fourth-order valence-corrected chi connectivity index (χ4v) is 2.02. The van der Waals surface area contributed by atoms with Gasteiger partial charge in [0.2, 0.25) is 4.77 Å². The summed E-state index contributed by atoms with van der Waals surface area (Å²) >= 11 is 11.2. The predicted molar refractivity (Wildman–Crippen MR) is 80.5 cm³/mol. The molecule has 0 unspecified atom stereocenters. The first-order valence-corrected chi connectivity index (χ1v) is 6.96. The van der Waals surface area contributed by atoms with Gasteiger partial charge in [-0.1, -0.05) is 43.1 Å². The Hall–Kier alpha value is -1.46. The van der Waals surface area contributed by atoms with Gasteiger partial charge in [-0.05, 0) is 24.7 Å². The second kappa shape index (κ2) is 6.63. The first kappa shape index (κ1) is 14.0. The summed E-state index contributed by atoms with van der Waals surface area (Å²) in [7, 11) is 0. The van der Waals surface area contributed by atoms with E-state index in [1.807, 2.05) is 24.3 Å². The maximum absolute atomic E-state index is 6.08. The van der Waals surface area contributed by atoms with Crippen LogP contribution in [0, 0.1) is 4.77 Å². The van der Waals surface area contributed by atoms with Gasteiger partial charge in [-0.25, -0.2) is 0 Å². The van der Waals surface area contributed by atoms with Gasteiger partial charge in [0, 0.05) is 17.0 Å². The van der Waals surface area contributed by atoms with Crippen LogP contribution in [0.3, 0.4) is 0 Å². The van der Waals surface area contributed by atoms with E-state index in [4.69, 9.17) is 23.8 Å². The fraction of sp³-hybridized carbons (Fsp3) is 0.308. The Morgan fingerprint density at radius 2 is 2.26 bits per heavy atom. The molecule has 0 aliphatic heterocycles. The summed E-state index contributed by atoms with van der Waals surface area (Å²) in [4.78, 5) is 0. The summed E-state index contributed by atoms with van der Waals surface area (Å²) < 4.78 is 2.14. The SMILES string of the molecule is CCCCc1n[nH]c(=S)n1/N=C\c1ccccc1Cl. The molecule has 100 valence electrons. The molecule has 0 aliphatic carbocycles. The maximum atomic E-state index is 6.08. The second-order valence-corrected chi connectivity index (χ2v) is 4.92. The van der Waals surface area contributed by atoms with Gasteiger partial charge in [0.1, 0.15) is 0 Å². The van der Waals surface area contributed by atoms with Crippen LogP contribution in [0.5, 0.6) is 0 Å². The largest absolute Gasteiger partial charge is 0.250 e. The van der Waals surface area contributed by atoms with Gasteiger partial charge in [0.15, 0.2) is 5.82 Å². The number of aryl methyl sites for hydroxylation is 1. The van der Waals surface area contributed by atoms with Gasteiger partial charge < -0.3 is 0 Å². The third-order valence-corrected chi connectivity index (χ3v) is 3.30. The second-order valence-electron chi connectivity index (χ2n) is 4.13. The highest BCUT2D eigenvalue weighted by Crippen LogP contribution is 2.12. The lowest BCUT2D eigenvalue weighted by Crippen LogP contribution is -1.99. The molecule has 6 heteroatoms. The lowest BCUT2D eigenvalue weighted by atomic mass is 10.2. The third kappa shape index (κ3) is 3.52. The van der Waals surface area contributed by atoms with Crippen molar-refractivity contribution < 1.29 is 0 Å². The Bertz CT molecular complexity index is 630. The molecule has 1 aromatic heterocycles. The van der Waals surface area contributed by atoms with Crippen molar-refractivity contribution in [1.82, 2.24) is 14.9 Å². The van der Waals surface area contributed by atoms with Gasteiger partial charge in [0.25, 0.3) is 0 Å². The number of unbranched alkanes of at least 4 members (excludes halogenated alkanes) is 1. The number of aromatic nitrogens is 3. The summed E-state index contributed by atoms with van der Waals surface area (Å²) in [6.07, 6.45) is 4.71. The van der Waals surface area contributed by atoms with Crippen LogP contribution in [-0.2, 0) is 6.42 Å². The van der Waals surface area contributed by atoms with Crippen molar-refractivity contribution in [2.75, 3.05) is 0 Å². The molecule has 4 nitrogen and oxygen atoms in total. The predicted octanol–water partition coefficient (Wildman–Crippen LogP) is 3.82. The van der Waals surface area contributed by atoms with E-state index in [1.165, 1.54) is 0 Å². The molecule has 0 saturated heterocycles. The molecular formula is C13H15ClN4S. The molecule has 0 atom stereocenters. The van der Waals surface area contributed by atoms with Gasteiger partial charge in [-0.2, -0.15) is 14.9 Å².